The highest BCUT2D eigenvalue weighted by Crippen LogP contribution is 2.27. The molecule has 1 aliphatic rings. The van der Waals surface area contributed by atoms with Crippen LogP contribution in [0.2, 0.25) is 0 Å². The third-order valence-corrected chi connectivity index (χ3v) is 4.53. The topological polar surface area (TPSA) is 58.4 Å². The van der Waals surface area contributed by atoms with Gasteiger partial charge >= 0.3 is 12.0 Å². The molecule has 0 saturated heterocycles. The highest BCUT2D eigenvalue weighted by Gasteiger charge is 2.23. The minimum absolute atomic E-state index is 0.0622. The number of nitrogens with zero attached hydrogens (tertiary/aromatic N) is 2. The van der Waals surface area contributed by atoms with Crippen LogP contribution >= 0.6 is 0 Å². The molecule has 5 nitrogen and oxygen atoms in total. The number of hydrogen-bond donors (Lipinski definition) is 1. The Morgan fingerprint density at radius 3 is 2.29 bits per heavy atom. The molecule has 1 aromatic heterocycles. The number of anilines is 1. The predicted molar refractivity (Wildman–Crippen MR) is 109 cm³/mol. The summed E-state index contributed by atoms with van der Waals surface area (Å²) < 4.78 is 5.93. The normalized spacial score (nSPS) is 13.0. The molecule has 140 valence electrons. The maximum atomic E-state index is 12.9. The molecule has 2 amide bonds. The number of oxazole rings is 1. The minimum atomic E-state index is -0.251. The van der Waals surface area contributed by atoms with E-state index < -0.39 is 0 Å². The Bertz CT molecular complexity index is 965. The Hall–Kier alpha value is -3.60. The molecule has 0 atom stereocenters. The average Bonchev–Trinajstić information content (AvgIpc) is 3.43. The smallest absolute Gasteiger partial charge is 0.326 e. The van der Waals surface area contributed by atoms with Gasteiger partial charge in [0.2, 0.25) is 0 Å². The van der Waals surface area contributed by atoms with E-state index >= 15 is 0 Å². The van der Waals surface area contributed by atoms with Crippen molar-refractivity contribution < 1.29 is 9.21 Å². The van der Waals surface area contributed by atoms with Crippen LogP contribution < -0.4 is 10.2 Å². The summed E-state index contributed by atoms with van der Waals surface area (Å²) in [6.45, 7) is 0.810. The second kappa shape index (κ2) is 8.39. The van der Waals surface area contributed by atoms with Gasteiger partial charge in [0, 0.05) is 6.54 Å². The van der Waals surface area contributed by atoms with Crippen LogP contribution in [-0.4, -0.2) is 11.0 Å². The zero-order valence-electron chi connectivity index (χ0n) is 15.4. The third-order valence-electron chi connectivity index (χ3n) is 4.53. The Kier molecular flexibility index (Phi) is 5.33. The van der Waals surface area contributed by atoms with E-state index in [0.717, 1.165) is 11.1 Å². The minimum Gasteiger partial charge on any atom is -0.427 e. The van der Waals surface area contributed by atoms with Crippen LogP contribution in [0.3, 0.4) is 0 Å². The molecule has 0 aliphatic heterocycles. The lowest BCUT2D eigenvalue weighted by Gasteiger charge is -2.19. The number of rotatable bonds is 6. The molecule has 3 aromatic rings. The number of hydrogen-bond acceptors (Lipinski definition) is 3. The molecule has 4 rings (SSSR count). The molecule has 1 aliphatic carbocycles. The summed E-state index contributed by atoms with van der Waals surface area (Å²) in [5.41, 5.74) is 2.03. The standard InChI is InChI=1S/C23H21N3O2/c27-22(24-15-18-9-3-1-4-10-18)26(17-19-11-5-2-6-12-19)23-25-16-21(28-23)20-13-7-8-14-20/h1-14,16,20H,15,17H2,(H,24,27). The van der Waals surface area contributed by atoms with Crippen molar-refractivity contribution in [1.29, 1.82) is 0 Å². The zero-order valence-corrected chi connectivity index (χ0v) is 15.4. The van der Waals surface area contributed by atoms with Gasteiger partial charge in [-0.25, -0.2) is 14.7 Å². The SMILES string of the molecule is O=C(NCc1ccccc1)N(Cc1ccccc1)c1ncc(C2C=CC=C2)o1. The first-order chi connectivity index (χ1) is 13.8. The van der Waals surface area contributed by atoms with Gasteiger partial charge in [-0.3, -0.25) is 0 Å². The molecule has 2 aromatic carbocycles. The molecule has 1 heterocycles. The fraction of sp³-hybridized carbons (Fsp3) is 0.130. The quantitative estimate of drug-likeness (QED) is 0.677. The van der Waals surface area contributed by atoms with Gasteiger partial charge in [-0.2, -0.15) is 0 Å². The first kappa shape index (κ1) is 17.8. The van der Waals surface area contributed by atoms with Crippen LogP contribution in [0.1, 0.15) is 22.8 Å². The number of allylic oxidation sites excluding steroid dienone is 4. The lowest BCUT2D eigenvalue weighted by Crippen LogP contribution is -2.39. The van der Waals surface area contributed by atoms with E-state index in [1.165, 1.54) is 4.90 Å². The van der Waals surface area contributed by atoms with Crippen molar-refractivity contribution in [2.45, 2.75) is 19.0 Å². The Labute approximate surface area is 164 Å². The number of benzene rings is 2. The van der Waals surface area contributed by atoms with Gasteiger partial charge in [-0.05, 0) is 11.1 Å². The van der Waals surface area contributed by atoms with Crippen molar-refractivity contribution in [3.8, 4) is 0 Å². The second-order valence-corrected chi connectivity index (χ2v) is 6.56. The van der Waals surface area contributed by atoms with E-state index in [0.29, 0.717) is 18.8 Å². The third kappa shape index (κ3) is 4.20. The number of carbonyl (C=O) groups is 1. The predicted octanol–water partition coefficient (Wildman–Crippen LogP) is 4.80. The van der Waals surface area contributed by atoms with E-state index in [2.05, 4.69) is 10.3 Å². The summed E-state index contributed by atoms with van der Waals surface area (Å²) in [6.07, 6.45) is 9.69. The average molecular weight is 371 g/mol. The first-order valence-electron chi connectivity index (χ1n) is 9.23. The van der Waals surface area contributed by atoms with Gasteiger partial charge < -0.3 is 9.73 Å². The van der Waals surface area contributed by atoms with Crippen LogP contribution in [0.25, 0.3) is 0 Å². The molecular weight excluding hydrogens is 350 g/mol. The molecule has 0 saturated carbocycles. The van der Waals surface area contributed by atoms with Gasteiger partial charge in [0.15, 0.2) is 0 Å². The van der Waals surface area contributed by atoms with Crippen LogP contribution in [0.4, 0.5) is 10.8 Å². The van der Waals surface area contributed by atoms with Crippen LogP contribution in [-0.2, 0) is 13.1 Å². The molecule has 5 heteroatoms. The van der Waals surface area contributed by atoms with Crippen molar-refractivity contribution in [3.05, 3.63) is 108 Å². The Morgan fingerprint density at radius 1 is 0.964 bits per heavy atom. The molecule has 28 heavy (non-hydrogen) atoms. The molecular formula is C23H21N3O2. The van der Waals surface area contributed by atoms with Crippen molar-refractivity contribution in [3.63, 3.8) is 0 Å². The summed E-state index contributed by atoms with van der Waals surface area (Å²) in [7, 11) is 0. The maximum absolute atomic E-state index is 12.9. The monoisotopic (exact) mass is 371 g/mol. The van der Waals surface area contributed by atoms with Crippen LogP contribution in [0.15, 0.2) is 95.6 Å². The molecule has 0 spiro atoms. The summed E-state index contributed by atoms with van der Waals surface area (Å²) in [5, 5.41) is 2.96. The van der Waals surface area contributed by atoms with E-state index in [9.17, 15) is 4.79 Å². The fourth-order valence-corrected chi connectivity index (χ4v) is 3.04. The van der Waals surface area contributed by atoms with E-state index in [1.807, 2.05) is 85.0 Å². The van der Waals surface area contributed by atoms with Gasteiger partial charge in [-0.15, -0.1) is 0 Å². The van der Waals surface area contributed by atoms with Gasteiger partial charge in [0.05, 0.1) is 18.7 Å². The molecule has 0 bridgehead atoms. The number of amides is 2. The number of carbonyl (C=O) groups excluding carboxylic acids is 1. The van der Waals surface area contributed by atoms with Crippen LogP contribution in [0, 0.1) is 0 Å². The molecule has 1 N–H and O–H groups in total. The Morgan fingerprint density at radius 2 is 1.61 bits per heavy atom. The second-order valence-electron chi connectivity index (χ2n) is 6.56. The summed E-state index contributed by atoms with van der Waals surface area (Å²) in [5.74, 6) is 0.779. The van der Waals surface area contributed by atoms with Crippen molar-refractivity contribution >= 4 is 12.0 Å². The van der Waals surface area contributed by atoms with Crippen molar-refractivity contribution in [2.75, 3.05) is 4.90 Å². The zero-order chi connectivity index (χ0) is 19.2. The summed E-state index contributed by atoms with van der Waals surface area (Å²) in [4.78, 5) is 18.8. The number of nitrogens with one attached hydrogen (secondary N) is 1. The Balaban J connectivity index is 1.53. The van der Waals surface area contributed by atoms with E-state index in [-0.39, 0.29) is 18.0 Å². The molecule has 0 unspecified atom stereocenters. The lowest BCUT2D eigenvalue weighted by atomic mass is 10.1. The first-order valence-corrected chi connectivity index (χ1v) is 9.23. The molecule has 0 fully saturated rings. The van der Waals surface area contributed by atoms with E-state index in [1.54, 1.807) is 6.20 Å². The van der Waals surface area contributed by atoms with Gasteiger partial charge in [0.25, 0.3) is 0 Å². The number of urea groups is 1. The highest BCUT2D eigenvalue weighted by molar-refractivity contribution is 5.89. The number of aromatic nitrogens is 1. The van der Waals surface area contributed by atoms with Gasteiger partial charge in [-0.1, -0.05) is 85.0 Å². The highest BCUT2D eigenvalue weighted by atomic mass is 16.4. The van der Waals surface area contributed by atoms with Crippen molar-refractivity contribution in [1.82, 2.24) is 10.3 Å². The molecule has 0 radical (unpaired) electrons. The van der Waals surface area contributed by atoms with Gasteiger partial charge in [0.1, 0.15) is 5.76 Å². The summed E-state index contributed by atoms with van der Waals surface area (Å²) in [6, 6.07) is 19.6. The largest absolute Gasteiger partial charge is 0.427 e. The lowest BCUT2D eigenvalue weighted by molar-refractivity contribution is 0.244. The van der Waals surface area contributed by atoms with Crippen LogP contribution in [0.5, 0.6) is 0 Å². The summed E-state index contributed by atoms with van der Waals surface area (Å²) >= 11 is 0. The van der Waals surface area contributed by atoms with E-state index in [4.69, 9.17) is 4.42 Å². The van der Waals surface area contributed by atoms with Crippen molar-refractivity contribution in [2.24, 2.45) is 0 Å². The maximum Gasteiger partial charge on any atom is 0.326 e. The fourth-order valence-electron chi connectivity index (χ4n) is 3.04.